The molecule has 7 heteroatoms. The number of amides is 2. The highest BCUT2D eigenvalue weighted by Gasteiger charge is 2.13. The Morgan fingerprint density at radius 3 is 2.50 bits per heavy atom. The molecule has 0 bridgehead atoms. The van der Waals surface area contributed by atoms with E-state index in [0.29, 0.717) is 29.1 Å². The highest BCUT2D eigenvalue weighted by molar-refractivity contribution is 6.06. The summed E-state index contributed by atoms with van der Waals surface area (Å²) in [4.78, 5) is 30.7. The zero-order valence-electron chi connectivity index (χ0n) is 15.3. The first kappa shape index (κ1) is 19.4. The quantitative estimate of drug-likeness (QED) is 0.707. The van der Waals surface area contributed by atoms with Crippen LogP contribution in [0, 0.1) is 0 Å². The van der Waals surface area contributed by atoms with Crippen LogP contribution >= 0.6 is 0 Å². The van der Waals surface area contributed by atoms with Crippen molar-refractivity contribution in [3.8, 4) is 5.75 Å². The number of anilines is 1. The van der Waals surface area contributed by atoms with Crippen LogP contribution in [0.2, 0.25) is 0 Å². The number of ether oxygens (including phenoxy) is 1. The molecular weight excluding hydrogens is 332 g/mol. The molecule has 2 aromatic rings. The summed E-state index contributed by atoms with van der Waals surface area (Å²) >= 11 is 0. The normalized spacial score (nSPS) is 10.5. The molecule has 0 saturated carbocycles. The third-order valence-electron chi connectivity index (χ3n) is 3.69. The second-order valence-corrected chi connectivity index (χ2v) is 6.03. The summed E-state index contributed by atoms with van der Waals surface area (Å²) < 4.78 is 5.22. The second-order valence-electron chi connectivity index (χ2n) is 6.03. The minimum absolute atomic E-state index is 0.247. The van der Waals surface area contributed by atoms with E-state index in [1.807, 2.05) is 20.2 Å². The number of pyridine rings is 1. The van der Waals surface area contributed by atoms with Gasteiger partial charge in [-0.15, -0.1) is 0 Å². The Labute approximate surface area is 153 Å². The van der Waals surface area contributed by atoms with Gasteiger partial charge in [0.15, 0.2) is 0 Å². The van der Waals surface area contributed by atoms with Gasteiger partial charge in [0, 0.05) is 18.9 Å². The minimum Gasteiger partial charge on any atom is -0.495 e. The maximum absolute atomic E-state index is 12.4. The van der Waals surface area contributed by atoms with Crippen LogP contribution < -0.4 is 15.4 Å². The number of nitrogens with one attached hydrogen (secondary N) is 2. The molecule has 1 aromatic carbocycles. The van der Waals surface area contributed by atoms with Crippen LogP contribution in [0.3, 0.4) is 0 Å². The Balaban J connectivity index is 2.01. The van der Waals surface area contributed by atoms with E-state index in [-0.39, 0.29) is 11.8 Å². The Hall–Kier alpha value is -2.93. The summed E-state index contributed by atoms with van der Waals surface area (Å²) in [6, 6.07) is 8.64. The zero-order chi connectivity index (χ0) is 18.9. The average molecular weight is 356 g/mol. The zero-order valence-corrected chi connectivity index (χ0v) is 15.3. The summed E-state index contributed by atoms with van der Waals surface area (Å²) in [6.07, 6.45) is 3.72. The van der Waals surface area contributed by atoms with E-state index >= 15 is 0 Å². The van der Waals surface area contributed by atoms with E-state index in [0.717, 1.165) is 13.0 Å². The van der Waals surface area contributed by atoms with Crippen LogP contribution in [0.4, 0.5) is 5.69 Å². The molecule has 2 amide bonds. The molecule has 0 radical (unpaired) electrons. The van der Waals surface area contributed by atoms with Gasteiger partial charge >= 0.3 is 0 Å². The molecule has 0 atom stereocenters. The minimum atomic E-state index is -0.357. The third kappa shape index (κ3) is 5.56. The molecule has 0 saturated heterocycles. The number of hydrogen-bond donors (Lipinski definition) is 2. The van der Waals surface area contributed by atoms with Crippen molar-refractivity contribution >= 4 is 17.5 Å². The molecule has 1 heterocycles. The van der Waals surface area contributed by atoms with Crippen molar-refractivity contribution in [1.82, 2.24) is 15.2 Å². The number of rotatable bonds is 8. The second kappa shape index (κ2) is 9.53. The highest BCUT2D eigenvalue weighted by atomic mass is 16.5. The Bertz CT molecular complexity index is 762. The number of methoxy groups -OCH3 is 1. The van der Waals surface area contributed by atoms with Crippen LogP contribution in [-0.4, -0.2) is 56.0 Å². The van der Waals surface area contributed by atoms with E-state index < -0.39 is 0 Å². The van der Waals surface area contributed by atoms with Crippen LogP contribution in [0.5, 0.6) is 5.75 Å². The van der Waals surface area contributed by atoms with Gasteiger partial charge < -0.3 is 20.3 Å². The van der Waals surface area contributed by atoms with Crippen LogP contribution in [0.25, 0.3) is 0 Å². The third-order valence-corrected chi connectivity index (χ3v) is 3.69. The van der Waals surface area contributed by atoms with Gasteiger partial charge in [0.25, 0.3) is 11.8 Å². The Morgan fingerprint density at radius 2 is 1.81 bits per heavy atom. The maximum Gasteiger partial charge on any atom is 0.257 e. The summed E-state index contributed by atoms with van der Waals surface area (Å²) in [6.45, 7) is 1.45. The molecule has 0 spiro atoms. The molecule has 0 aliphatic heterocycles. The number of hydrogen-bond acceptors (Lipinski definition) is 5. The van der Waals surface area contributed by atoms with Crippen molar-refractivity contribution in [2.75, 3.05) is 39.6 Å². The van der Waals surface area contributed by atoms with E-state index in [1.54, 1.807) is 18.2 Å². The van der Waals surface area contributed by atoms with Crippen molar-refractivity contribution in [2.24, 2.45) is 0 Å². The fraction of sp³-hybridized carbons (Fsp3) is 0.316. The van der Waals surface area contributed by atoms with Crippen LogP contribution in [0.1, 0.15) is 27.1 Å². The van der Waals surface area contributed by atoms with Gasteiger partial charge in [-0.25, -0.2) is 0 Å². The van der Waals surface area contributed by atoms with Crippen molar-refractivity contribution in [3.05, 3.63) is 53.9 Å². The lowest BCUT2D eigenvalue weighted by molar-refractivity contribution is 0.0952. The van der Waals surface area contributed by atoms with E-state index in [2.05, 4.69) is 20.5 Å². The predicted molar refractivity (Wildman–Crippen MR) is 101 cm³/mol. The van der Waals surface area contributed by atoms with Gasteiger partial charge in [-0.2, -0.15) is 0 Å². The Morgan fingerprint density at radius 1 is 1.12 bits per heavy atom. The lowest BCUT2D eigenvalue weighted by atomic mass is 10.1. The lowest BCUT2D eigenvalue weighted by Crippen LogP contribution is -2.27. The van der Waals surface area contributed by atoms with Gasteiger partial charge in [-0.1, -0.05) is 12.1 Å². The molecular formula is C19H24N4O3. The molecule has 7 nitrogen and oxygen atoms in total. The summed E-state index contributed by atoms with van der Waals surface area (Å²) in [5.74, 6) is -0.0453. The van der Waals surface area contributed by atoms with Crippen LogP contribution in [-0.2, 0) is 0 Å². The van der Waals surface area contributed by atoms with E-state index in [4.69, 9.17) is 4.74 Å². The average Bonchev–Trinajstić information content (AvgIpc) is 2.65. The topological polar surface area (TPSA) is 83.6 Å². The molecule has 2 rings (SSSR count). The molecule has 0 fully saturated rings. The molecule has 2 N–H and O–H groups in total. The highest BCUT2D eigenvalue weighted by Crippen LogP contribution is 2.23. The number of nitrogens with zero attached hydrogens (tertiary/aromatic N) is 2. The van der Waals surface area contributed by atoms with Crippen molar-refractivity contribution < 1.29 is 14.3 Å². The SMILES string of the molecule is COc1ccccc1NC(=O)c1cncc(C(=O)NCCCN(C)C)c1. The molecule has 138 valence electrons. The standard InChI is InChI=1S/C19H24N4O3/c1-23(2)10-6-9-21-18(24)14-11-15(13-20-12-14)19(25)22-16-7-4-5-8-17(16)26-3/h4-5,7-8,11-13H,6,9-10H2,1-3H3,(H,21,24)(H,22,25). The summed E-state index contributed by atoms with van der Waals surface area (Å²) in [5.41, 5.74) is 1.21. The number of para-hydroxylation sites is 2. The van der Waals surface area contributed by atoms with Gasteiger partial charge in [0.05, 0.1) is 23.9 Å². The monoisotopic (exact) mass is 356 g/mol. The fourth-order valence-electron chi connectivity index (χ4n) is 2.33. The first-order chi connectivity index (χ1) is 12.5. The fourth-order valence-corrected chi connectivity index (χ4v) is 2.33. The first-order valence-corrected chi connectivity index (χ1v) is 8.33. The lowest BCUT2D eigenvalue weighted by Gasteiger charge is -2.11. The molecule has 0 aliphatic rings. The first-order valence-electron chi connectivity index (χ1n) is 8.33. The van der Waals surface area contributed by atoms with E-state index in [1.165, 1.54) is 25.6 Å². The van der Waals surface area contributed by atoms with Gasteiger partial charge in [0.1, 0.15) is 5.75 Å². The van der Waals surface area contributed by atoms with Crippen molar-refractivity contribution in [1.29, 1.82) is 0 Å². The van der Waals surface area contributed by atoms with Crippen molar-refractivity contribution in [2.45, 2.75) is 6.42 Å². The molecule has 26 heavy (non-hydrogen) atoms. The molecule has 1 aromatic heterocycles. The van der Waals surface area contributed by atoms with Crippen molar-refractivity contribution in [3.63, 3.8) is 0 Å². The Kier molecular flexibility index (Phi) is 7.11. The largest absolute Gasteiger partial charge is 0.495 e. The van der Waals surface area contributed by atoms with Gasteiger partial charge in [-0.05, 0) is 45.3 Å². The number of benzene rings is 1. The van der Waals surface area contributed by atoms with Crippen LogP contribution in [0.15, 0.2) is 42.7 Å². The van der Waals surface area contributed by atoms with E-state index in [9.17, 15) is 9.59 Å². The molecule has 0 aliphatic carbocycles. The van der Waals surface area contributed by atoms with Gasteiger partial charge in [-0.3, -0.25) is 14.6 Å². The number of carbonyl (C=O) groups excluding carboxylic acids is 2. The van der Waals surface area contributed by atoms with Gasteiger partial charge in [0.2, 0.25) is 0 Å². The summed E-state index contributed by atoms with van der Waals surface area (Å²) in [5, 5.41) is 5.60. The number of carbonyl (C=O) groups is 2. The smallest absolute Gasteiger partial charge is 0.257 e. The number of aromatic nitrogens is 1. The maximum atomic E-state index is 12.4. The molecule has 0 unspecified atom stereocenters. The predicted octanol–water partition coefficient (Wildman–Crippen LogP) is 2.02. The summed E-state index contributed by atoms with van der Waals surface area (Å²) in [7, 11) is 5.50.